The van der Waals surface area contributed by atoms with Gasteiger partial charge in [0.05, 0.1) is 0 Å². The number of hydrogen-bond acceptors (Lipinski definition) is 0. The Morgan fingerprint density at radius 3 is 0.391 bits per heavy atom. The molecule has 0 aliphatic carbocycles. The van der Waals surface area contributed by atoms with Crippen molar-refractivity contribution in [1.29, 1.82) is 0 Å². The van der Waals surface area contributed by atoms with Crippen molar-refractivity contribution >= 4 is 53.7 Å². The largest absolute Gasteiger partial charge is 1.00 e. The molecule has 0 aliphatic rings. The van der Waals surface area contributed by atoms with Gasteiger partial charge in [0.1, 0.15) is 0 Å². The molecule has 10 heteroatoms. The van der Waals surface area contributed by atoms with Crippen LogP contribution in [0.25, 0.3) is 0 Å². The second-order valence-corrected chi connectivity index (χ2v) is 61.5. The van der Waals surface area contributed by atoms with Crippen molar-refractivity contribution in [3.05, 3.63) is 0 Å². The van der Waals surface area contributed by atoms with Gasteiger partial charge in [-0.3, -0.25) is 0 Å². The summed E-state index contributed by atoms with van der Waals surface area (Å²) in [7, 11) is -0.309. The first-order valence-electron chi connectivity index (χ1n) is 17.0. The van der Waals surface area contributed by atoms with Crippen LogP contribution >= 0.6 is 30.4 Å². The Bertz CT molecular complexity index is 708. The van der Waals surface area contributed by atoms with E-state index in [2.05, 4.69) is 187 Å². The molecule has 0 rings (SSSR count). The van der Waals surface area contributed by atoms with E-state index in [1.807, 2.05) is 23.5 Å². The van der Waals surface area contributed by atoms with Gasteiger partial charge in [-0.15, -0.1) is 0 Å². The Morgan fingerprint density at radius 2 is 0.326 bits per heavy atom. The van der Waals surface area contributed by atoms with Gasteiger partial charge in [0.25, 0.3) is 0 Å². The van der Waals surface area contributed by atoms with Crippen LogP contribution in [0.2, 0.25) is 45.3 Å². The van der Waals surface area contributed by atoms with E-state index in [1.165, 1.54) is 0 Å². The molecule has 0 bridgehead atoms. The fourth-order valence-corrected chi connectivity index (χ4v) is 116. The van der Waals surface area contributed by atoms with E-state index in [0.717, 1.165) is 0 Å². The third-order valence-electron chi connectivity index (χ3n) is 10.5. The van der Waals surface area contributed by atoms with E-state index in [9.17, 15) is 0 Å². The Hall–Kier alpha value is 4.16. The van der Waals surface area contributed by atoms with E-state index >= 15 is 0 Å². The van der Waals surface area contributed by atoms with Gasteiger partial charge in [-0.05, 0) is 0 Å². The summed E-state index contributed by atoms with van der Waals surface area (Å²) in [4.78, 5) is 0. The second-order valence-electron chi connectivity index (χ2n) is 22.9. The van der Waals surface area contributed by atoms with Crippen molar-refractivity contribution in [2.75, 3.05) is 0 Å². The molecule has 260 valence electrons. The smallest absolute Gasteiger partial charge is 0.608 e. The Morgan fingerprint density at radius 1 is 0.239 bits per heavy atom. The van der Waals surface area contributed by atoms with Crippen LogP contribution in [0.3, 0.4) is 0 Å². The van der Waals surface area contributed by atoms with Crippen molar-refractivity contribution < 1.29 is 56.6 Å². The van der Waals surface area contributed by atoms with Gasteiger partial charge >= 0.3 is 56.6 Å². The number of rotatable bonds is 6. The zero-order valence-corrected chi connectivity index (χ0v) is 44.4. The van der Waals surface area contributed by atoms with Gasteiger partial charge in [0.2, 0.25) is 0 Å². The molecule has 0 heterocycles. The van der Waals surface area contributed by atoms with Crippen molar-refractivity contribution in [2.45, 2.75) is 232 Å². The SMILES string of the molecule is CC(C)(C)[Si]([P-]P([P-][Si](C(C)(C)C)(C(C)(C)C)C(C)(C)C)[P-][Si](C(C)(C)C)(C(C)(C)C)C(C)(C)C)(C(C)(C)C)C(C)(C)C.[Li+].[Li+].[Li+]. The van der Waals surface area contributed by atoms with Crippen molar-refractivity contribution in [2.24, 2.45) is 0 Å². The molecule has 0 N–H and O–H groups in total. The molecule has 46 heavy (non-hydrogen) atoms. The van der Waals surface area contributed by atoms with Gasteiger partial charge in [0.15, 0.2) is 0 Å². The van der Waals surface area contributed by atoms with Crippen LogP contribution in [0.4, 0.5) is 0 Å². The molecule has 0 saturated heterocycles. The minimum absolute atomic E-state index is 0. The van der Waals surface area contributed by atoms with Crippen LogP contribution in [0.1, 0.15) is 187 Å². The topological polar surface area (TPSA) is 0 Å². The summed E-state index contributed by atoms with van der Waals surface area (Å²) in [6, 6.07) is 0. The fraction of sp³-hybridized carbons (Fsp3) is 1.00. The molecule has 0 aromatic heterocycles. The van der Waals surface area contributed by atoms with Crippen LogP contribution < -0.4 is 56.6 Å². The molecule has 0 nitrogen and oxygen atoms in total. The van der Waals surface area contributed by atoms with Crippen molar-refractivity contribution in [3.63, 3.8) is 0 Å². The van der Waals surface area contributed by atoms with Gasteiger partial charge in [-0.2, -0.15) is 0 Å². The molecule has 0 radical (unpaired) electrons. The molecule has 0 aromatic rings. The quantitative estimate of drug-likeness (QED) is 0.188. The first kappa shape index (κ1) is 56.9. The molecular weight excluding hydrogens is 661 g/mol. The molecule has 0 aliphatic heterocycles. The molecule has 0 saturated carbocycles. The first-order chi connectivity index (χ1) is 18.0. The Labute approximate surface area is 339 Å². The molecular formula is C36H81Li3P4Si3. The standard InChI is InChI=1S/C36H81P4Si3.3Li/c1-28(2,3)41(29(4,5)6,30(7,8)9)37-40(38-42(31(10,11)12,32(13,14)15)33(16,17)18)39-43(34(19,20)21,35(22,23)24)36(25,26)27;;;/h1-27H3;;;/q-3;3*+1. The van der Waals surface area contributed by atoms with Gasteiger partial charge in [-0.1, -0.05) is 256 Å². The third-order valence-corrected chi connectivity index (χ3v) is 81.3. The molecule has 0 aromatic carbocycles. The van der Waals surface area contributed by atoms with E-state index in [-0.39, 0.29) is 63.6 Å². The van der Waals surface area contributed by atoms with Crippen molar-refractivity contribution in [3.8, 4) is 0 Å². The predicted octanol–water partition coefficient (Wildman–Crippen LogP) is 9.10. The van der Waals surface area contributed by atoms with Crippen LogP contribution in [0.5, 0.6) is 0 Å². The maximum absolute atomic E-state index is 2.63. The summed E-state index contributed by atoms with van der Waals surface area (Å²) in [5, 5.41) is 2.76. The average molecular weight is 743 g/mol. The summed E-state index contributed by atoms with van der Waals surface area (Å²) < 4.78 is 0. The zero-order chi connectivity index (χ0) is 35.7. The fourth-order valence-electron chi connectivity index (χ4n) is 11.9. The summed E-state index contributed by atoms with van der Waals surface area (Å²) in [6.45, 7) is 70.8. The predicted molar refractivity (Wildman–Crippen MR) is 222 cm³/mol. The van der Waals surface area contributed by atoms with Gasteiger partial charge < -0.3 is 30.4 Å². The zero-order valence-electron chi connectivity index (χ0n) is 37.8. The maximum atomic E-state index is 2.63. The van der Waals surface area contributed by atoms with E-state index < -0.39 is 23.2 Å². The van der Waals surface area contributed by atoms with Crippen LogP contribution in [-0.4, -0.2) is 23.2 Å². The monoisotopic (exact) mass is 743 g/mol. The summed E-state index contributed by atoms with van der Waals surface area (Å²) in [5.74, 6) is 0. The Balaban J connectivity index is -0.00000294. The van der Waals surface area contributed by atoms with E-state index in [0.29, 0.717) is 45.3 Å². The summed E-state index contributed by atoms with van der Waals surface area (Å²) >= 11 is 0. The van der Waals surface area contributed by atoms with Crippen molar-refractivity contribution in [1.82, 2.24) is 0 Å². The van der Waals surface area contributed by atoms with E-state index in [1.54, 1.807) is 0 Å². The minimum atomic E-state index is -1.99. The number of hydrogen-bond donors (Lipinski definition) is 0. The molecule has 0 amide bonds. The Kier molecular flexibility index (Phi) is 20.9. The molecule has 0 atom stereocenters. The first-order valence-corrected chi connectivity index (χ1v) is 31.7. The summed E-state index contributed by atoms with van der Waals surface area (Å²) in [6.07, 6.45) is 0. The summed E-state index contributed by atoms with van der Waals surface area (Å²) in [5.41, 5.74) is 0. The van der Waals surface area contributed by atoms with Crippen LogP contribution in [-0.2, 0) is 0 Å². The van der Waals surface area contributed by atoms with Gasteiger partial charge in [-0.25, -0.2) is 0 Å². The van der Waals surface area contributed by atoms with E-state index in [4.69, 9.17) is 0 Å². The molecule has 0 unspecified atom stereocenters. The molecule has 0 fully saturated rings. The van der Waals surface area contributed by atoms with Gasteiger partial charge in [0, 0.05) is 0 Å². The van der Waals surface area contributed by atoms with Crippen LogP contribution in [0.15, 0.2) is 0 Å². The normalized spacial score (nSPS) is 17.0. The minimum Gasteiger partial charge on any atom is -0.608 e. The van der Waals surface area contributed by atoms with Crippen LogP contribution in [0, 0.1) is 0 Å². The average Bonchev–Trinajstić information content (AvgIpc) is 2.57. The molecule has 0 spiro atoms. The maximum Gasteiger partial charge on any atom is 1.00 e. The third kappa shape index (κ3) is 10.7. The second kappa shape index (κ2) is 16.9.